The average Bonchev–Trinajstić information content (AvgIpc) is 2.77. The highest BCUT2D eigenvalue weighted by Crippen LogP contribution is 1.93. The molecule has 96 valence electrons. The minimum Gasteiger partial charge on any atom is -0.311 e. The molecule has 2 aromatic rings. The van der Waals surface area contributed by atoms with E-state index < -0.39 is 0 Å². The lowest BCUT2D eigenvalue weighted by Crippen LogP contribution is -2.28. The van der Waals surface area contributed by atoms with Crippen molar-refractivity contribution < 1.29 is 0 Å². The number of aryl methyl sites for hydroxylation is 1. The summed E-state index contributed by atoms with van der Waals surface area (Å²) in [5.74, 6) is 0. The summed E-state index contributed by atoms with van der Waals surface area (Å²) in [6.45, 7) is 4.91. The SMILES string of the molecule is CCn1ccn(CCNCc2cccnc2)c1=O. The van der Waals surface area contributed by atoms with Gasteiger partial charge in [0.05, 0.1) is 0 Å². The van der Waals surface area contributed by atoms with Gasteiger partial charge in [-0.05, 0) is 18.6 Å². The number of imidazole rings is 1. The van der Waals surface area contributed by atoms with Gasteiger partial charge < -0.3 is 5.32 Å². The Hall–Kier alpha value is -1.88. The van der Waals surface area contributed by atoms with Crippen LogP contribution in [0, 0.1) is 0 Å². The topological polar surface area (TPSA) is 51.9 Å². The number of hydrogen-bond acceptors (Lipinski definition) is 3. The summed E-state index contributed by atoms with van der Waals surface area (Å²) in [7, 11) is 0. The molecule has 2 rings (SSSR count). The third-order valence-electron chi connectivity index (χ3n) is 2.84. The highest BCUT2D eigenvalue weighted by Gasteiger charge is 2.00. The van der Waals surface area contributed by atoms with E-state index in [4.69, 9.17) is 0 Å². The minimum absolute atomic E-state index is 0.0562. The number of rotatable bonds is 6. The molecular formula is C13H18N4O. The molecule has 2 aromatic heterocycles. The molecule has 18 heavy (non-hydrogen) atoms. The zero-order valence-electron chi connectivity index (χ0n) is 10.5. The van der Waals surface area contributed by atoms with Gasteiger partial charge in [0.1, 0.15) is 0 Å². The Morgan fingerprint density at radius 3 is 2.83 bits per heavy atom. The highest BCUT2D eigenvalue weighted by atomic mass is 16.1. The molecule has 0 amide bonds. The van der Waals surface area contributed by atoms with Crippen LogP contribution in [-0.4, -0.2) is 20.7 Å². The van der Waals surface area contributed by atoms with Crippen molar-refractivity contribution in [3.63, 3.8) is 0 Å². The van der Waals surface area contributed by atoms with Gasteiger partial charge in [0, 0.05) is 51.0 Å². The molecule has 0 saturated carbocycles. The number of aromatic nitrogens is 3. The Morgan fingerprint density at radius 1 is 1.33 bits per heavy atom. The first-order valence-electron chi connectivity index (χ1n) is 6.16. The summed E-state index contributed by atoms with van der Waals surface area (Å²) < 4.78 is 3.42. The second-order valence-electron chi connectivity index (χ2n) is 4.10. The minimum atomic E-state index is 0.0562. The maximum absolute atomic E-state index is 11.8. The van der Waals surface area contributed by atoms with Crippen LogP contribution in [0.3, 0.4) is 0 Å². The molecule has 0 saturated heterocycles. The van der Waals surface area contributed by atoms with Gasteiger partial charge in [-0.1, -0.05) is 6.07 Å². The Morgan fingerprint density at radius 2 is 2.17 bits per heavy atom. The third kappa shape index (κ3) is 3.07. The zero-order chi connectivity index (χ0) is 12.8. The number of hydrogen-bond donors (Lipinski definition) is 1. The molecule has 0 aliphatic carbocycles. The Labute approximate surface area is 106 Å². The predicted octanol–water partition coefficient (Wildman–Crippen LogP) is 0.854. The molecule has 1 N–H and O–H groups in total. The maximum Gasteiger partial charge on any atom is 0.328 e. The smallest absolute Gasteiger partial charge is 0.311 e. The van der Waals surface area contributed by atoms with Gasteiger partial charge in [0.25, 0.3) is 0 Å². The second kappa shape index (κ2) is 6.16. The van der Waals surface area contributed by atoms with Gasteiger partial charge in [-0.15, -0.1) is 0 Å². The molecule has 0 aromatic carbocycles. The number of nitrogens with one attached hydrogen (secondary N) is 1. The van der Waals surface area contributed by atoms with E-state index in [1.54, 1.807) is 15.3 Å². The van der Waals surface area contributed by atoms with E-state index in [-0.39, 0.29) is 5.69 Å². The molecular weight excluding hydrogens is 228 g/mol. The lowest BCUT2D eigenvalue weighted by atomic mass is 10.3. The first kappa shape index (κ1) is 12.6. The molecule has 0 unspecified atom stereocenters. The van der Waals surface area contributed by atoms with Gasteiger partial charge in [-0.2, -0.15) is 0 Å². The second-order valence-corrected chi connectivity index (χ2v) is 4.10. The van der Waals surface area contributed by atoms with Crippen molar-refractivity contribution in [1.82, 2.24) is 19.4 Å². The van der Waals surface area contributed by atoms with E-state index in [1.807, 2.05) is 37.6 Å². The first-order valence-corrected chi connectivity index (χ1v) is 6.16. The number of pyridine rings is 1. The van der Waals surface area contributed by atoms with E-state index in [0.717, 1.165) is 25.2 Å². The molecule has 5 heteroatoms. The van der Waals surface area contributed by atoms with Crippen LogP contribution in [0.5, 0.6) is 0 Å². The Kier molecular flexibility index (Phi) is 4.30. The fraction of sp³-hybridized carbons (Fsp3) is 0.385. The largest absolute Gasteiger partial charge is 0.328 e. The van der Waals surface area contributed by atoms with Crippen LogP contribution in [0.4, 0.5) is 0 Å². The summed E-state index contributed by atoms with van der Waals surface area (Å²) in [6, 6.07) is 3.95. The van der Waals surface area contributed by atoms with Crippen LogP contribution in [0.1, 0.15) is 12.5 Å². The van der Waals surface area contributed by atoms with Crippen LogP contribution < -0.4 is 11.0 Å². The van der Waals surface area contributed by atoms with E-state index in [2.05, 4.69) is 10.3 Å². The van der Waals surface area contributed by atoms with Crippen molar-refractivity contribution in [2.45, 2.75) is 26.6 Å². The van der Waals surface area contributed by atoms with Gasteiger partial charge in [0.2, 0.25) is 0 Å². The zero-order valence-corrected chi connectivity index (χ0v) is 10.5. The molecule has 5 nitrogen and oxygen atoms in total. The Balaban J connectivity index is 1.79. The molecule has 2 heterocycles. The van der Waals surface area contributed by atoms with Crippen LogP contribution in [0.2, 0.25) is 0 Å². The van der Waals surface area contributed by atoms with Crippen LogP contribution in [0.15, 0.2) is 41.7 Å². The summed E-state index contributed by atoms with van der Waals surface area (Å²) in [4.78, 5) is 15.8. The summed E-state index contributed by atoms with van der Waals surface area (Å²) >= 11 is 0. The van der Waals surface area contributed by atoms with E-state index in [0.29, 0.717) is 6.54 Å². The third-order valence-corrected chi connectivity index (χ3v) is 2.84. The standard InChI is InChI=1S/C13H18N4O/c1-2-16-8-9-17(13(16)18)7-6-15-11-12-4-3-5-14-10-12/h3-5,8-10,15H,2,6-7,11H2,1H3. The molecule has 0 atom stereocenters. The Bertz CT molecular complexity index is 529. The molecule has 0 aliphatic heterocycles. The molecule has 0 spiro atoms. The predicted molar refractivity (Wildman–Crippen MR) is 70.3 cm³/mol. The van der Waals surface area contributed by atoms with E-state index in [9.17, 15) is 4.79 Å². The van der Waals surface area contributed by atoms with E-state index in [1.165, 1.54) is 0 Å². The average molecular weight is 246 g/mol. The van der Waals surface area contributed by atoms with E-state index >= 15 is 0 Å². The highest BCUT2D eigenvalue weighted by molar-refractivity contribution is 5.07. The van der Waals surface area contributed by atoms with Crippen molar-refractivity contribution in [2.75, 3.05) is 6.54 Å². The first-order chi connectivity index (χ1) is 8.81. The van der Waals surface area contributed by atoms with Crippen molar-refractivity contribution in [3.8, 4) is 0 Å². The number of nitrogens with zero attached hydrogens (tertiary/aromatic N) is 3. The van der Waals surface area contributed by atoms with Crippen LogP contribution in [0.25, 0.3) is 0 Å². The maximum atomic E-state index is 11.8. The van der Waals surface area contributed by atoms with Crippen molar-refractivity contribution in [2.24, 2.45) is 0 Å². The lowest BCUT2D eigenvalue weighted by molar-refractivity contribution is 0.570. The fourth-order valence-electron chi connectivity index (χ4n) is 1.80. The van der Waals surface area contributed by atoms with Gasteiger partial charge in [-0.3, -0.25) is 14.1 Å². The summed E-state index contributed by atoms with van der Waals surface area (Å²) in [6.07, 6.45) is 7.25. The molecule has 0 bridgehead atoms. The fourth-order valence-corrected chi connectivity index (χ4v) is 1.80. The van der Waals surface area contributed by atoms with Crippen LogP contribution in [-0.2, 0) is 19.6 Å². The van der Waals surface area contributed by atoms with Crippen molar-refractivity contribution in [1.29, 1.82) is 0 Å². The van der Waals surface area contributed by atoms with Gasteiger partial charge in [0.15, 0.2) is 0 Å². The van der Waals surface area contributed by atoms with Gasteiger partial charge in [-0.25, -0.2) is 4.79 Å². The normalized spacial score (nSPS) is 10.7. The molecule has 0 aliphatic rings. The lowest BCUT2D eigenvalue weighted by Gasteiger charge is -2.04. The van der Waals surface area contributed by atoms with Crippen molar-refractivity contribution >= 4 is 0 Å². The molecule has 0 fully saturated rings. The van der Waals surface area contributed by atoms with Gasteiger partial charge >= 0.3 is 5.69 Å². The monoisotopic (exact) mass is 246 g/mol. The van der Waals surface area contributed by atoms with Crippen LogP contribution >= 0.6 is 0 Å². The van der Waals surface area contributed by atoms with Crippen molar-refractivity contribution in [3.05, 3.63) is 53.0 Å². The quantitative estimate of drug-likeness (QED) is 0.769. The summed E-state index contributed by atoms with van der Waals surface area (Å²) in [5, 5.41) is 3.30. The summed E-state index contributed by atoms with van der Waals surface area (Å²) in [5.41, 5.74) is 1.21. The molecule has 0 radical (unpaired) electrons.